The Bertz CT molecular complexity index is 638. The molecule has 1 unspecified atom stereocenters. The Morgan fingerprint density at radius 2 is 1.68 bits per heavy atom. The summed E-state index contributed by atoms with van der Waals surface area (Å²) in [7, 11) is 0. The van der Waals surface area contributed by atoms with Gasteiger partial charge in [0.2, 0.25) is 11.8 Å². The van der Waals surface area contributed by atoms with Crippen LogP contribution in [0.2, 0.25) is 0 Å². The van der Waals surface area contributed by atoms with Crippen LogP contribution in [0.25, 0.3) is 0 Å². The van der Waals surface area contributed by atoms with E-state index in [1.807, 2.05) is 35.2 Å². The molecular formula is C19H24N2O4. The number of hydrogen-bond acceptors (Lipinski definition) is 3. The number of aliphatic carboxylic acids is 1. The van der Waals surface area contributed by atoms with Crippen LogP contribution in [0.3, 0.4) is 0 Å². The predicted octanol–water partition coefficient (Wildman–Crippen LogP) is 1.97. The fourth-order valence-corrected chi connectivity index (χ4v) is 3.89. The van der Waals surface area contributed by atoms with Crippen molar-refractivity contribution in [2.75, 3.05) is 13.1 Å². The van der Waals surface area contributed by atoms with E-state index in [1.165, 1.54) is 0 Å². The van der Waals surface area contributed by atoms with Gasteiger partial charge in [0.15, 0.2) is 0 Å². The number of rotatable bonds is 3. The molecule has 0 radical (unpaired) electrons. The molecule has 1 saturated heterocycles. The van der Waals surface area contributed by atoms with Gasteiger partial charge < -0.3 is 15.3 Å². The highest BCUT2D eigenvalue weighted by atomic mass is 16.4. The Kier molecular flexibility index (Phi) is 5.36. The molecule has 6 nitrogen and oxygen atoms in total. The number of carboxylic acid groups (broad SMARTS) is 1. The third kappa shape index (κ3) is 4.00. The Balaban J connectivity index is 1.76. The van der Waals surface area contributed by atoms with Crippen LogP contribution in [0, 0.1) is 11.8 Å². The average Bonchev–Trinajstić information content (AvgIpc) is 2.83. The first-order valence-corrected chi connectivity index (χ1v) is 8.91. The number of carbonyl (C=O) groups excluding carboxylic acids is 2. The van der Waals surface area contributed by atoms with E-state index in [1.54, 1.807) is 0 Å². The van der Waals surface area contributed by atoms with Gasteiger partial charge in [0, 0.05) is 19.0 Å². The molecule has 6 heteroatoms. The van der Waals surface area contributed by atoms with Gasteiger partial charge in [-0.1, -0.05) is 30.3 Å². The second kappa shape index (κ2) is 7.68. The highest BCUT2D eigenvalue weighted by Crippen LogP contribution is 2.34. The van der Waals surface area contributed by atoms with Crippen molar-refractivity contribution in [1.29, 1.82) is 0 Å². The van der Waals surface area contributed by atoms with Gasteiger partial charge in [0.05, 0.1) is 18.4 Å². The van der Waals surface area contributed by atoms with Gasteiger partial charge >= 0.3 is 5.97 Å². The normalized spacial score (nSPS) is 27.3. The summed E-state index contributed by atoms with van der Waals surface area (Å²) in [5.74, 6) is -1.23. The van der Waals surface area contributed by atoms with Gasteiger partial charge in [-0.3, -0.25) is 14.4 Å². The van der Waals surface area contributed by atoms with Gasteiger partial charge in [-0.25, -0.2) is 0 Å². The van der Waals surface area contributed by atoms with Crippen LogP contribution in [0.4, 0.5) is 0 Å². The Hall–Kier alpha value is -2.37. The lowest BCUT2D eigenvalue weighted by Gasteiger charge is -2.35. The predicted molar refractivity (Wildman–Crippen MR) is 91.6 cm³/mol. The van der Waals surface area contributed by atoms with E-state index in [0.717, 1.165) is 5.56 Å². The minimum atomic E-state index is -0.766. The van der Waals surface area contributed by atoms with Gasteiger partial charge in [0.25, 0.3) is 0 Å². The maximum atomic E-state index is 13.1. The second-order valence-corrected chi connectivity index (χ2v) is 6.90. The minimum absolute atomic E-state index is 0.0428. The summed E-state index contributed by atoms with van der Waals surface area (Å²) in [6.07, 6.45) is 2.57. The van der Waals surface area contributed by atoms with Crippen molar-refractivity contribution < 1.29 is 19.5 Å². The van der Waals surface area contributed by atoms with Crippen LogP contribution in [0.1, 0.15) is 43.7 Å². The summed E-state index contributed by atoms with van der Waals surface area (Å²) >= 11 is 0. The fraction of sp³-hybridized carbons (Fsp3) is 0.526. The van der Waals surface area contributed by atoms with E-state index in [0.29, 0.717) is 38.8 Å². The van der Waals surface area contributed by atoms with Crippen molar-refractivity contribution in [2.24, 2.45) is 11.8 Å². The van der Waals surface area contributed by atoms with E-state index in [-0.39, 0.29) is 36.1 Å². The molecular weight excluding hydrogens is 320 g/mol. The highest BCUT2D eigenvalue weighted by molar-refractivity contribution is 5.83. The van der Waals surface area contributed by atoms with Crippen LogP contribution in [0.15, 0.2) is 30.3 Å². The molecule has 1 aliphatic heterocycles. The molecule has 1 saturated carbocycles. The van der Waals surface area contributed by atoms with E-state index in [9.17, 15) is 14.4 Å². The molecule has 3 rings (SSSR count). The van der Waals surface area contributed by atoms with Gasteiger partial charge in [0.1, 0.15) is 0 Å². The molecule has 1 aliphatic carbocycles. The topological polar surface area (TPSA) is 86.7 Å². The average molecular weight is 344 g/mol. The SMILES string of the molecule is O=C1CC(c2ccccc2)N(C(=O)C2CCC(C(=O)O)CC2)CCN1. The van der Waals surface area contributed by atoms with Gasteiger partial charge in [-0.05, 0) is 31.2 Å². The minimum Gasteiger partial charge on any atom is -0.481 e. The summed E-state index contributed by atoms with van der Waals surface area (Å²) in [4.78, 5) is 38.1. The molecule has 0 spiro atoms. The second-order valence-electron chi connectivity index (χ2n) is 6.90. The van der Waals surface area contributed by atoms with Crippen LogP contribution >= 0.6 is 0 Å². The number of hydrogen-bond donors (Lipinski definition) is 2. The number of nitrogens with one attached hydrogen (secondary N) is 1. The maximum Gasteiger partial charge on any atom is 0.306 e. The van der Waals surface area contributed by atoms with Crippen molar-refractivity contribution in [1.82, 2.24) is 10.2 Å². The molecule has 2 N–H and O–H groups in total. The summed E-state index contributed by atoms with van der Waals surface area (Å²) in [6, 6.07) is 9.39. The molecule has 134 valence electrons. The van der Waals surface area contributed by atoms with Crippen LogP contribution < -0.4 is 5.32 Å². The quantitative estimate of drug-likeness (QED) is 0.878. The highest BCUT2D eigenvalue weighted by Gasteiger charge is 2.36. The van der Waals surface area contributed by atoms with E-state index in [2.05, 4.69) is 5.32 Å². The van der Waals surface area contributed by atoms with Crippen molar-refractivity contribution >= 4 is 17.8 Å². The van der Waals surface area contributed by atoms with Crippen molar-refractivity contribution in [3.63, 3.8) is 0 Å². The van der Waals surface area contributed by atoms with Crippen LogP contribution in [-0.2, 0) is 14.4 Å². The lowest BCUT2D eigenvalue weighted by molar-refractivity contribution is -0.146. The monoisotopic (exact) mass is 344 g/mol. The molecule has 0 aromatic heterocycles. The first kappa shape index (κ1) is 17.5. The van der Waals surface area contributed by atoms with E-state index >= 15 is 0 Å². The van der Waals surface area contributed by atoms with Gasteiger partial charge in [-0.2, -0.15) is 0 Å². The standard InChI is InChI=1S/C19H24N2O4/c22-17-12-16(13-4-2-1-3-5-13)21(11-10-20-17)18(23)14-6-8-15(9-7-14)19(24)25/h1-5,14-16H,6-12H2,(H,20,22)(H,24,25). The Morgan fingerprint density at radius 3 is 2.32 bits per heavy atom. The number of amides is 2. The lowest BCUT2D eigenvalue weighted by Crippen LogP contribution is -2.41. The molecule has 1 heterocycles. The number of nitrogens with zero attached hydrogens (tertiary/aromatic N) is 1. The first-order valence-electron chi connectivity index (χ1n) is 8.91. The zero-order valence-electron chi connectivity index (χ0n) is 14.2. The van der Waals surface area contributed by atoms with Crippen molar-refractivity contribution in [3.8, 4) is 0 Å². The number of benzene rings is 1. The summed E-state index contributed by atoms with van der Waals surface area (Å²) in [5, 5.41) is 12.0. The largest absolute Gasteiger partial charge is 0.481 e. The summed E-state index contributed by atoms with van der Waals surface area (Å²) < 4.78 is 0. The smallest absolute Gasteiger partial charge is 0.306 e. The summed E-state index contributed by atoms with van der Waals surface area (Å²) in [6.45, 7) is 0.946. The van der Waals surface area contributed by atoms with Gasteiger partial charge in [-0.15, -0.1) is 0 Å². The molecule has 2 fully saturated rings. The molecule has 0 bridgehead atoms. The Morgan fingerprint density at radius 1 is 1.04 bits per heavy atom. The molecule has 25 heavy (non-hydrogen) atoms. The maximum absolute atomic E-state index is 13.1. The third-order valence-corrected chi connectivity index (χ3v) is 5.32. The molecule has 1 atom stereocenters. The third-order valence-electron chi connectivity index (χ3n) is 5.32. The van der Waals surface area contributed by atoms with Crippen LogP contribution in [-0.4, -0.2) is 40.9 Å². The lowest BCUT2D eigenvalue weighted by atomic mass is 9.81. The molecule has 2 amide bonds. The Labute approximate surface area is 147 Å². The van der Waals surface area contributed by atoms with E-state index in [4.69, 9.17) is 5.11 Å². The molecule has 1 aromatic rings. The fourth-order valence-electron chi connectivity index (χ4n) is 3.89. The van der Waals surface area contributed by atoms with Crippen molar-refractivity contribution in [3.05, 3.63) is 35.9 Å². The van der Waals surface area contributed by atoms with E-state index < -0.39 is 5.97 Å². The zero-order valence-corrected chi connectivity index (χ0v) is 14.2. The molecule has 2 aliphatic rings. The number of carbonyl (C=O) groups is 3. The first-order chi connectivity index (χ1) is 12.1. The summed E-state index contributed by atoms with van der Waals surface area (Å²) in [5.41, 5.74) is 0.965. The molecule has 1 aromatic carbocycles. The number of carboxylic acids is 1. The van der Waals surface area contributed by atoms with Crippen LogP contribution in [0.5, 0.6) is 0 Å². The van der Waals surface area contributed by atoms with Crippen molar-refractivity contribution in [2.45, 2.75) is 38.1 Å². The zero-order chi connectivity index (χ0) is 17.8.